The quantitative estimate of drug-likeness (QED) is 0.260. The molecule has 0 aliphatic carbocycles. The van der Waals surface area contributed by atoms with E-state index in [1.807, 2.05) is 37.6 Å². The van der Waals surface area contributed by atoms with Crippen LogP contribution in [0.4, 0.5) is 10.5 Å². The van der Waals surface area contributed by atoms with E-state index in [1.54, 1.807) is 26.0 Å². The molecule has 0 fully saturated rings. The first-order chi connectivity index (χ1) is 15.7. The number of nitrogens with zero attached hydrogens (tertiary/aromatic N) is 1. The Morgan fingerprint density at radius 3 is 2.45 bits per heavy atom. The van der Waals surface area contributed by atoms with Gasteiger partial charge in [-0.2, -0.15) is 0 Å². The zero-order valence-corrected chi connectivity index (χ0v) is 22.5. The zero-order valence-electron chi connectivity index (χ0n) is 20.8. The van der Waals surface area contributed by atoms with Crippen LogP contribution in [0.1, 0.15) is 50.8 Å². The van der Waals surface area contributed by atoms with Crippen molar-refractivity contribution in [3.63, 3.8) is 0 Å². The number of benzene rings is 1. The van der Waals surface area contributed by atoms with Gasteiger partial charge < -0.3 is 20.1 Å². The molecule has 1 heterocycles. The molecule has 0 radical (unpaired) electrons. The predicted octanol–water partition coefficient (Wildman–Crippen LogP) is 6.51. The van der Waals surface area contributed by atoms with E-state index in [4.69, 9.17) is 9.47 Å². The Morgan fingerprint density at radius 2 is 1.82 bits per heavy atom. The summed E-state index contributed by atoms with van der Waals surface area (Å²) in [6.45, 7) is 7.07. The van der Waals surface area contributed by atoms with E-state index >= 15 is 0 Å². The topological polar surface area (TPSA) is 72.5 Å². The first kappa shape index (κ1) is 27.2. The highest BCUT2D eigenvalue weighted by molar-refractivity contribution is 7.99. The third-order valence-electron chi connectivity index (χ3n) is 5.63. The standard InChI is InChI=1S/C25H37N3O3S2/c1-17-15-21(32-6)22(23(27-17)33-7)28-24(29)26-14-10-8-9-13-25(2,3)19-16-18(30-4)11-12-20(19)31-5/h11-12,15-16H,8-10,13-14H2,1-7H3,(H2,26,28,29). The number of amides is 2. The van der Waals surface area contributed by atoms with Crippen LogP contribution >= 0.6 is 23.5 Å². The van der Waals surface area contributed by atoms with Crippen molar-refractivity contribution >= 4 is 35.2 Å². The summed E-state index contributed by atoms with van der Waals surface area (Å²) in [5, 5.41) is 6.80. The van der Waals surface area contributed by atoms with Crippen LogP contribution in [-0.4, -0.2) is 44.3 Å². The van der Waals surface area contributed by atoms with E-state index in [0.29, 0.717) is 6.54 Å². The summed E-state index contributed by atoms with van der Waals surface area (Å²) in [6, 6.07) is 7.77. The van der Waals surface area contributed by atoms with Gasteiger partial charge in [0, 0.05) is 22.7 Å². The summed E-state index contributed by atoms with van der Waals surface area (Å²) >= 11 is 3.15. The highest BCUT2D eigenvalue weighted by atomic mass is 32.2. The van der Waals surface area contributed by atoms with Crippen molar-refractivity contribution in [1.82, 2.24) is 10.3 Å². The molecule has 182 valence electrons. The highest BCUT2D eigenvalue weighted by Crippen LogP contribution is 2.38. The Labute approximate surface area is 207 Å². The van der Waals surface area contributed by atoms with Gasteiger partial charge in [-0.25, -0.2) is 9.78 Å². The Bertz CT molecular complexity index is 910. The van der Waals surface area contributed by atoms with Crippen LogP contribution in [0.5, 0.6) is 11.5 Å². The van der Waals surface area contributed by atoms with Crippen LogP contribution in [0.2, 0.25) is 0 Å². The van der Waals surface area contributed by atoms with Crippen molar-refractivity contribution in [2.24, 2.45) is 0 Å². The molecule has 0 saturated heterocycles. The minimum absolute atomic E-state index is 0.0361. The molecule has 0 aliphatic heterocycles. The van der Waals surface area contributed by atoms with Crippen LogP contribution in [0, 0.1) is 6.92 Å². The van der Waals surface area contributed by atoms with E-state index in [-0.39, 0.29) is 11.4 Å². The normalized spacial score (nSPS) is 11.2. The van der Waals surface area contributed by atoms with Crippen molar-refractivity contribution in [1.29, 1.82) is 0 Å². The van der Waals surface area contributed by atoms with Crippen molar-refractivity contribution in [3.8, 4) is 11.5 Å². The number of rotatable bonds is 12. The number of urea groups is 1. The first-order valence-corrected chi connectivity index (χ1v) is 13.6. The van der Waals surface area contributed by atoms with Crippen molar-refractivity contribution < 1.29 is 14.3 Å². The Morgan fingerprint density at radius 1 is 1.06 bits per heavy atom. The van der Waals surface area contributed by atoms with Gasteiger partial charge in [-0.3, -0.25) is 0 Å². The lowest BCUT2D eigenvalue weighted by molar-refractivity contribution is 0.251. The monoisotopic (exact) mass is 491 g/mol. The minimum atomic E-state index is -0.187. The lowest BCUT2D eigenvalue weighted by Gasteiger charge is -2.27. The van der Waals surface area contributed by atoms with Gasteiger partial charge in [0.05, 0.1) is 19.9 Å². The fourth-order valence-electron chi connectivity index (χ4n) is 3.75. The van der Waals surface area contributed by atoms with Gasteiger partial charge in [0.15, 0.2) is 0 Å². The summed E-state index contributed by atoms with van der Waals surface area (Å²) in [7, 11) is 3.38. The number of hydrogen-bond donors (Lipinski definition) is 2. The van der Waals surface area contributed by atoms with E-state index in [2.05, 4.69) is 35.5 Å². The molecule has 2 rings (SSSR count). The molecule has 0 aliphatic rings. The number of anilines is 1. The maximum Gasteiger partial charge on any atom is 0.319 e. The van der Waals surface area contributed by atoms with Crippen LogP contribution in [0.15, 0.2) is 34.2 Å². The SMILES string of the molecule is COc1ccc(OC)c(C(C)(C)CCCCCNC(=O)Nc2c(SC)cc(C)nc2SC)c1. The number of pyridine rings is 1. The largest absolute Gasteiger partial charge is 0.497 e. The second-order valence-corrected chi connectivity index (χ2v) is 10.1. The Balaban J connectivity index is 1.82. The van der Waals surface area contributed by atoms with Gasteiger partial charge in [-0.15, -0.1) is 23.5 Å². The van der Waals surface area contributed by atoms with E-state index < -0.39 is 0 Å². The Hall–Kier alpha value is -2.06. The van der Waals surface area contributed by atoms with Crippen LogP contribution in [0.3, 0.4) is 0 Å². The average Bonchev–Trinajstić information content (AvgIpc) is 2.81. The van der Waals surface area contributed by atoms with Crippen LogP contribution < -0.4 is 20.1 Å². The maximum atomic E-state index is 12.4. The fourth-order valence-corrected chi connectivity index (χ4v) is 5.05. The molecule has 2 N–H and O–H groups in total. The number of aryl methyl sites for hydroxylation is 1. The first-order valence-electron chi connectivity index (χ1n) is 11.1. The number of methoxy groups -OCH3 is 2. The third-order valence-corrected chi connectivity index (χ3v) is 7.07. The molecular formula is C25H37N3O3S2. The van der Waals surface area contributed by atoms with Gasteiger partial charge >= 0.3 is 6.03 Å². The number of carbonyl (C=O) groups excluding carboxylic acids is 1. The zero-order chi connectivity index (χ0) is 24.4. The molecule has 1 aromatic heterocycles. The van der Waals surface area contributed by atoms with Gasteiger partial charge in [-0.05, 0) is 62.0 Å². The van der Waals surface area contributed by atoms with Gasteiger partial charge in [-0.1, -0.05) is 26.7 Å². The van der Waals surface area contributed by atoms with Crippen LogP contribution in [0.25, 0.3) is 0 Å². The molecule has 0 spiro atoms. The van der Waals surface area contributed by atoms with Crippen LogP contribution in [-0.2, 0) is 5.41 Å². The second kappa shape index (κ2) is 13.0. The van der Waals surface area contributed by atoms with E-state index in [0.717, 1.165) is 64.0 Å². The molecule has 1 aromatic carbocycles. The number of aromatic nitrogens is 1. The fraction of sp³-hybridized carbons (Fsp3) is 0.520. The number of nitrogens with one attached hydrogen (secondary N) is 2. The van der Waals surface area contributed by atoms with Crippen molar-refractivity contribution in [2.45, 2.75) is 61.8 Å². The molecule has 6 nitrogen and oxygen atoms in total. The van der Waals surface area contributed by atoms with Crippen molar-refractivity contribution in [3.05, 3.63) is 35.5 Å². The van der Waals surface area contributed by atoms with E-state index in [9.17, 15) is 4.79 Å². The van der Waals surface area contributed by atoms with E-state index in [1.165, 1.54) is 11.8 Å². The smallest absolute Gasteiger partial charge is 0.319 e. The molecule has 0 bridgehead atoms. The highest BCUT2D eigenvalue weighted by Gasteiger charge is 2.24. The average molecular weight is 492 g/mol. The third kappa shape index (κ3) is 7.74. The second-order valence-electron chi connectivity index (χ2n) is 8.49. The summed E-state index contributed by atoms with van der Waals surface area (Å²) < 4.78 is 11.0. The molecule has 8 heteroatoms. The summed E-state index contributed by atoms with van der Waals surface area (Å²) in [5.41, 5.74) is 2.85. The number of ether oxygens (including phenoxy) is 2. The van der Waals surface area contributed by atoms with Gasteiger partial charge in [0.2, 0.25) is 0 Å². The van der Waals surface area contributed by atoms with Crippen molar-refractivity contribution in [2.75, 3.05) is 38.6 Å². The Kier molecular flexibility index (Phi) is 10.7. The maximum absolute atomic E-state index is 12.4. The summed E-state index contributed by atoms with van der Waals surface area (Å²) in [6.07, 6.45) is 8.02. The molecule has 33 heavy (non-hydrogen) atoms. The lowest BCUT2D eigenvalue weighted by atomic mass is 9.79. The summed E-state index contributed by atoms with van der Waals surface area (Å²) in [5.74, 6) is 1.73. The molecule has 0 saturated carbocycles. The summed E-state index contributed by atoms with van der Waals surface area (Å²) in [4.78, 5) is 18.0. The number of hydrogen-bond acceptors (Lipinski definition) is 6. The number of unbranched alkanes of at least 4 members (excludes halogenated alkanes) is 2. The predicted molar refractivity (Wildman–Crippen MR) is 141 cm³/mol. The molecule has 2 amide bonds. The molecule has 2 aromatic rings. The van der Waals surface area contributed by atoms with Gasteiger partial charge in [0.1, 0.15) is 16.5 Å². The van der Waals surface area contributed by atoms with Gasteiger partial charge in [0.25, 0.3) is 0 Å². The molecule has 0 unspecified atom stereocenters. The number of carbonyl (C=O) groups is 1. The molecule has 0 atom stereocenters. The minimum Gasteiger partial charge on any atom is -0.497 e. The molecular weight excluding hydrogens is 454 g/mol. The lowest BCUT2D eigenvalue weighted by Crippen LogP contribution is -2.30. The number of thioether (sulfide) groups is 2.